The maximum Gasteiger partial charge on any atom is 0.389 e. The smallest absolute Gasteiger partial charge is 0.356 e. The van der Waals surface area contributed by atoms with Crippen LogP contribution >= 0.6 is 0 Å². The summed E-state index contributed by atoms with van der Waals surface area (Å²) >= 11 is 0. The second-order valence-corrected chi connectivity index (χ2v) is 8.13. The third kappa shape index (κ3) is 10.5. The van der Waals surface area contributed by atoms with Crippen LogP contribution in [0.15, 0.2) is 35.3 Å². The molecule has 9 heteroatoms. The van der Waals surface area contributed by atoms with Gasteiger partial charge >= 0.3 is 6.18 Å². The maximum atomic E-state index is 12.3. The van der Waals surface area contributed by atoms with Gasteiger partial charge in [0.2, 0.25) is 5.91 Å². The Bertz CT molecular complexity index is 686. The number of guanidine groups is 1. The van der Waals surface area contributed by atoms with Crippen molar-refractivity contribution in [3.63, 3.8) is 0 Å². The molecule has 1 aliphatic rings. The predicted octanol–water partition coefficient (Wildman–Crippen LogP) is 3.01. The van der Waals surface area contributed by atoms with Crippen molar-refractivity contribution in [3.8, 4) is 0 Å². The molecule has 2 rings (SSSR count). The maximum absolute atomic E-state index is 12.3. The summed E-state index contributed by atoms with van der Waals surface area (Å²) in [6, 6.07) is 10.6. The molecule has 1 aromatic rings. The second kappa shape index (κ2) is 12.5. The van der Waals surface area contributed by atoms with E-state index < -0.39 is 12.6 Å². The predicted molar refractivity (Wildman–Crippen MR) is 117 cm³/mol. The Morgan fingerprint density at radius 2 is 1.84 bits per heavy atom. The zero-order valence-corrected chi connectivity index (χ0v) is 18.4. The first-order chi connectivity index (χ1) is 14.7. The lowest BCUT2D eigenvalue weighted by Crippen LogP contribution is -2.49. The van der Waals surface area contributed by atoms with Crippen molar-refractivity contribution < 1.29 is 18.0 Å². The van der Waals surface area contributed by atoms with Crippen LogP contribution in [0.1, 0.15) is 37.7 Å². The van der Waals surface area contributed by atoms with Gasteiger partial charge in [-0.3, -0.25) is 9.69 Å². The number of carbonyl (C=O) groups is 1. The monoisotopic (exact) mass is 441 g/mol. The van der Waals surface area contributed by atoms with Gasteiger partial charge in [-0.05, 0) is 31.2 Å². The fourth-order valence-corrected chi connectivity index (χ4v) is 3.37. The molecule has 1 amide bonds. The molecule has 1 aliphatic heterocycles. The van der Waals surface area contributed by atoms with E-state index in [1.165, 1.54) is 10.5 Å². The number of halogens is 3. The SMILES string of the molecule is CN(C)C(=O)CN=C(NCCCCC(F)(F)F)NC1CCN(Cc2ccccc2)CC1. The molecule has 1 heterocycles. The van der Waals surface area contributed by atoms with Gasteiger partial charge in [-0.25, -0.2) is 4.99 Å². The largest absolute Gasteiger partial charge is 0.389 e. The second-order valence-electron chi connectivity index (χ2n) is 8.13. The molecule has 0 radical (unpaired) electrons. The number of unbranched alkanes of at least 4 members (excludes halogenated alkanes) is 1. The van der Waals surface area contributed by atoms with Gasteiger partial charge in [0.05, 0.1) is 0 Å². The molecule has 0 aromatic heterocycles. The van der Waals surface area contributed by atoms with Crippen LogP contribution in [-0.4, -0.2) is 74.2 Å². The molecular weight excluding hydrogens is 407 g/mol. The van der Waals surface area contributed by atoms with Gasteiger partial charge in [0.25, 0.3) is 0 Å². The molecule has 31 heavy (non-hydrogen) atoms. The topological polar surface area (TPSA) is 60.0 Å². The van der Waals surface area contributed by atoms with Crippen molar-refractivity contribution in [1.29, 1.82) is 0 Å². The van der Waals surface area contributed by atoms with Crippen LogP contribution in [0.2, 0.25) is 0 Å². The Kier molecular flexibility index (Phi) is 10.1. The van der Waals surface area contributed by atoms with Crippen molar-refractivity contribution >= 4 is 11.9 Å². The minimum Gasteiger partial charge on any atom is -0.356 e. The van der Waals surface area contributed by atoms with Crippen molar-refractivity contribution in [1.82, 2.24) is 20.4 Å². The zero-order valence-electron chi connectivity index (χ0n) is 18.4. The summed E-state index contributed by atoms with van der Waals surface area (Å²) in [5.74, 6) is 0.361. The lowest BCUT2D eigenvalue weighted by Gasteiger charge is -2.33. The summed E-state index contributed by atoms with van der Waals surface area (Å²) in [7, 11) is 3.33. The zero-order chi connectivity index (χ0) is 22.7. The number of nitrogens with zero attached hydrogens (tertiary/aromatic N) is 3. The summed E-state index contributed by atoms with van der Waals surface area (Å²) < 4.78 is 36.9. The minimum atomic E-state index is -4.12. The van der Waals surface area contributed by atoms with Gasteiger partial charge in [-0.2, -0.15) is 13.2 Å². The first-order valence-corrected chi connectivity index (χ1v) is 10.8. The van der Waals surface area contributed by atoms with E-state index in [4.69, 9.17) is 0 Å². The number of rotatable bonds is 9. The van der Waals surface area contributed by atoms with Gasteiger partial charge in [0.15, 0.2) is 5.96 Å². The van der Waals surface area contributed by atoms with Crippen LogP contribution in [0.25, 0.3) is 0 Å². The average molecular weight is 442 g/mol. The molecular formula is C22H34F3N5O. The summed E-state index contributed by atoms with van der Waals surface area (Å²) in [4.78, 5) is 20.1. The fraction of sp³-hybridized carbons (Fsp3) is 0.636. The van der Waals surface area contributed by atoms with Gasteiger partial charge in [-0.1, -0.05) is 30.3 Å². The van der Waals surface area contributed by atoms with Gasteiger partial charge < -0.3 is 15.5 Å². The van der Waals surface area contributed by atoms with Gasteiger partial charge in [-0.15, -0.1) is 0 Å². The van der Waals surface area contributed by atoms with Crippen molar-refractivity contribution in [2.75, 3.05) is 40.3 Å². The minimum absolute atomic E-state index is 0.00225. The summed E-state index contributed by atoms with van der Waals surface area (Å²) in [6.07, 6.45) is -2.59. The third-order valence-corrected chi connectivity index (χ3v) is 5.23. The lowest BCUT2D eigenvalue weighted by atomic mass is 10.0. The van der Waals surface area contributed by atoms with Crippen LogP contribution in [0, 0.1) is 0 Å². The Hall–Kier alpha value is -2.29. The Balaban J connectivity index is 1.81. The van der Waals surface area contributed by atoms with Gasteiger partial charge in [0.1, 0.15) is 6.54 Å². The summed E-state index contributed by atoms with van der Waals surface area (Å²) in [5, 5.41) is 6.45. The van der Waals surface area contributed by atoms with Crippen molar-refractivity contribution in [2.24, 2.45) is 4.99 Å². The molecule has 174 valence electrons. The molecule has 0 saturated carbocycles. The first kappa shape index (κ1) is 25.0. The normalized spacial score (nSPS) is 16.2. The lowest BCUT2D eigenvalue weighted by molar-refractivity contribution is -0.135. The van der Waals surface area contributed by atoms with E-state index in [0.29, 0.717) is 18.9 Å². The van der Waals surface area contributed by atoms with E-state index in [2.05, 4.69) is 32.7 Å². The molecule has 0 aliphatic carbocycles. The molecule has 1 aromatic carbocycles. The number of alkyl halides is 3. The quantitative estimate of drug-likeness (QED) is 0.351. The molecule has 0 unspecified atom stereocenters. The number of likely N-dealkylation sites (N-methyl/N-ethyl adjacent to an activating group) is 1. The van der Waals surface area contributed by atoms with Crippen LogP contribution in [0.4, 0.5) is 13.2 Å². The Morgan fingerprint density at radius 3 is 2.45 bits per heavy atom. The molecule has 1 fully saturated rings. The summed E-state index contributed by atoms with van der Waals surface area (Å²) in [5.41, 5.74) is 1.29. The number of nitrogens with one attached hydrogen (secondary N) is 2. The van der Waals surface area contributed by atoms with E-state index in [1.807, 2.05) is 18.2 Å². The number of amides is 1. The number of aliphatic imine (C=N–C) groups is 1. The van der Waals surface area contributed by atoms with Crippen LogP contribution in [0.3, 0.4) is 0 Å². The van der Waals surface area contributed by atoms with Crippen LogP contribution in [-0.2, 0) is 11.3 Å². The van der Waals surface area contributed by atoms with E-state index >= 15 is 0 Å². The highest BCUT2D eigenvalue weighted by molar-refractivity contribution is 5.84. The molecule has 0 bridgehead atoms. The number of hydrogen-bond donors (Lipinski definition) is 2. The first-order valence-electron chi connectivity index (χ1n) is 10.8. The highest BCUT2D eigenvalue weighted by Gasteiger charge is 2.26. The van der Waals surface area contributed by atoms with Gasteiger partial charge in [0, 0.05) is 52.7 Å². The highest BCUT2D eigenvalue weighted by Crippen LogP contribution is 2.21. The van der Waals surface area contributed by atoms with Crippen molar-refractivity contribution in [2.45, 2.75) is 50.9 Å². The molecule has 0 spiro atoms. The number of hydrogen-bond acceptors (Lipinski definition) is 3. The number of piperidine rings is 1. The number of carbonyl (C=O) groups excluding carboxylic acids is 1. The number of benzene rings is 1. The van der Waals surface area contributed by atoms with Crippen LogP contribution < -0.4 is 10.6 Å². The van der Waals surface area contributed by atoms with E-state index in [-0.39, 0.29) is 24.9 Å². The third-order valence-electron chi connectivity index (χ3n) is 5.23. The van der Waals surface area contributed by atoms with Crippen molar-refractivity contribution in [3.05, 3.63) is 35.9 Å². The Morgan fingerprint density at radius 1 is 1.16 bits per heavy atom. The number of likely N-dealkylation sites (tertiary alicyclic amines) is 1. The van der Waals surface area contributed by atoms with Crippen LogP contribution in [0.5, 0.6) is 0 Å². The Labute approximate surface area is 182 Å². The molecule has 6 nitrogen and oxygen atoms in total. The summed E-state index contributed by atoms with van der Waals surface area (Å²) in [6.45, 7) is 3.19. The van der Waals surface area contributed by atoms with E-state index in [9.17, 15) is 18.0 Å². The standard InChI is InChI=1S/C22H34F3N5O/c1-29(2)20(31)16-27-21(26-13-7-6-12-22(23,24)25)28-19-10-14-30(15-11-19)17-18-8-4-3-5-9-18/h3-5,8-9,19H,6-7,10-17H2,1-2H3,(H2,26,27,28). The van der Waals surface area contributed by atoms with E-state index in [1.54, 1.807) is 14.1 Å². The molecule has 1 saturated heterocycles. The molecule has 2 N–H and O–H groups in total. The van der Waals surface area contributed by atoms with E-state index in [0.717, 1.165) is 32.5 Å². The fourth-order valence-electron chi connectivity index (χ4n) is 3.37. The highest BCUT2D eigenvalue weighted by atomic mass is 19.4. The average Bonchev–Trinajstić information content (AvgIpc) is 2.72. The molecule has 0 atom stereocenters.